The maximum atomic E-state index is 12.7. The van der Waals surface area contributed by atoms with Crippen molar-refractivity contribution in [3.05, 3.63) is 81.1 Å². The molecule has 0 atom stereocenters. The number of hydrogen-bond acceptors (Lipinski definition) is 3. The molecule has 0 aliphatic heterocycles. The Morgan fingerprint density at radius 1 is 1.07 bits per heavy atom. The molecule has 0 unspecified atom stereocenters. The zero-order valence-electron chi connectivity index (χ0n) is 15.4. The summed E-state index contributed by atoms with van der Waals surface area (Å²) < 4.78 is 3.50. The second kappa shape index (κ2) is 7.19. The van der Waals surface area contributed by atoms with Gasteiger partial charge in [0.25, 0.3) is 11.5 Å². The molecule has 0 fully saturated rings. The number of nitrogens with zero attached hydrogens (tertiary/aromatic N) is 2. The van der Waals surface area contributed by atoms with Gasteiger partial charge in [0.2, 0.25) is 5.56 Å². The number of pyridine rings is 2. The van der Waals surface area contributed by atoms with Crippen LogP contribution in [0.15, 0.2) is 64.4 Å². The van der Waals surface area contributed by atoms with Crippen molar-refractivity contribution in [1.29, 1.82) is 0 Å². The smallest absolute Gasteiger partial charge is 0.275 e. The summed E-state index contributed by atoms with van der Waals surface area (Å²) in [5.74, 6) is -0.339. The van der Waals surface area contributed by atoms with Crippen LogP contribution in [-0.4, -0.2) is 26.6 Å². The first-order valence-electron chi connectivity index (χ1n) is 9.17. The number of aromatic nitrogens is 3. The molecule has 0 saturated heterocycles. The first-order chi connectivity index (χ1) is 13.6. The maximum absolute atomic E-state index is 12.7. The summed E-state index contributed by atoms with van der Waals surface area (Å²) in [4.78, 5) is 39.9. The van der Waals surface area contributed by atoms with E-state index in [2.05, 4.69) is 10.3 Å². The molecule has 0 spiro atoms. The van der Waals surface area contributed by atoms with E-state index >= 15 is 0 Å². The Morgan fingerprint density at radius 2 is 1.82 bits per heavy atom. The predicted molar refractivity (Wildman–Crippen MR) is 109 cm³/mol. The van der Waals surface area contributed by atoms with E-state index in [0.717, 1.165) is 11.9 Å². The van der Waals surface area contributed by atoms with Gasteiger partial charge in [-0.05, 0) is 25.1 Å². The van der Waals surface area contributed by atoms with Gasteiger partial charge < -0.3 is 19.4 Å². The standard InChI is InChI=1S/C21H20N4O3/c1-2-24-10-7-14-8-11-25(21(28)19(14)24)12-9-22-20(27)16-13-18(26)23-17-6-4-3-5-15(16)17/h3-8,10-11,13H,2,9,12H2,1H3,(H,22,27)(H,23,26). The summed E-state index contributed by atoms with van der Waals surface area (Å²) in [6, 6.07) is 12.3. The predicted octanol–water partition coefficient (Wildman–Crippen LogP) is 2.09. The van der Waals surface area contributed by atoms with Crippen LogP contribution in [0.2, 0.25) is 0 Å². The van der Waals surface area contributed by atoms with Crippen LogP contribution in [0.25, 0.3) is 21.8 Å². The molecule has 2 N–H and O–H groups in total. The first-order valence-corrected chi connectivity index (χ1v) is 9.17. The summed E-state index contributed by atoms with van der Waals surface area (Å²) in [5.41, 5.74) is 1.19. The van der Waals surface area contributed by atoms with E-state index in [4.69, 9.17) is 0 Å². The number of hydrogen-bond donors (Lipinski definition) is 2. The second-order valence-corrected chi connectivity index (χ2v) is 6.57. The van der Waals surface area contributed by atoms with E-state index in [1.54, 1.807) is 29.0 Å². The number of H-pyrrole nitrogens is 1. The molecule has 0 aliphatic carbocycles. The van der Waals surface area contributed by atoms with Crippen LogP contribution in [0, 0.1) is 0 Å². The molecule has 3 aromatic heterocycles. The molecule has 0 radical (unpaired) electrons. The third kappa shape index (κ3) is 3.11. The van der Waals surface area contributed by atoms with Crippen LogP contribution in [0.3, 0.4) is 0 Å². The molecule has 28 heavy (non-hydrogen) atoms. The molecule has 3 heterocycles. The zero-order chi connectivity index (χ0) is 19.7. The molecule has 0 saturated carbocycles. The van der Waals surface area contributed by atoms with Crippen molar-refractivity contribution in [3.8, 4) is 0 Å². The quantitative estimate of drug-likeness (QED) is 0.559. The molecule has 1 amide bonds. The number of para-hydroxylation sites is 1. The monoisotopic (exact) mass is 376 g/mol. The van der Waals surface area contributed by atoms with Gasteiger partial charge in [-0.3, -0.25) is 14.4 Å². The Kier molecular flexibility index (Phi) is 4.57. The highest BCUT2D eigenvalue weighted by molar-refractivity contribution is 6.05. The number of aryl methyl sites for hydroxylation is 1. The molecule has 4 rings (SSSR count). The third-order valence-corrected chi connectivity index (χ3v) is 4.87. The summed E-state index contributed by atoms with van der Waals surface area (Å²) in [6.45, 7) is 3.33. The van der Waals surface area contributed by atoms with Gasteiger partial charge in [-0.25, -0.2) is 0 Å². The van der Waals surface area contributed by atoms with Gasteiger partial charge in [0, 0.05) is 54.4 Å². The van der Waals surface area contributed by atoms with E-state index in [-0.39, 0.29) is 23.6 Å². The normalized spacial score (nSPS) is 11.2. The minimum absolute atomic E-state index is 0.0831. The van der Waals surface area contributed by atoms with E-state index < -0.39 is 0 Å². The lowest BCUT2D eigenvalue weighted by molar-refractivity contribution is 0.0953. The Labute approximate surface area is 160 Å². The highest BCUT2D eigenvalue weighted by atomic mass is 16.2. The van der Waals surface area contributed by atoms with E-state index in [1.807, 2.05) is 35.9 Å². The average molecular weight is 376 g/mol. The van der Waals surface area contributed by atoms with Crippen LogP contribution in [0.4, 0.5) is 0 Å². The highest BCUT2D eigenvalue weighted by Gasteiger charge is 2.12. The minimum atomic E-state index is -0.339. The van der Waals surface area contributed by atoms with Gasteiger partial charge in [-0.2, -0.15) is 0 Å². The Balaban J connectivity index is 1.54. The number of nitrogens with one attached hydrogen (secondary N) is 2. The van der Waals surface area contributed by atoms with Gasteiger partial charge in [0.15, 0.2) is 0 Å². The number of carbonyl (C=O) groups is 1. The van der Waals surface area contributed by atoms with Crippen molar-refractivity contribution in [2.24, 2.45) is 0 Å². The van der Waals surface area contributed by atoms with Crippen molar-refractivity contribution in [3.63, 3.8) is 0 Å². The fourth-order valence-corrected chi connectivity index (χ4v) is 3.46. The summed E-state index contributed by atoms with van der Waals surface area (Å²) in [6.07, 6.45) is 3.63. The van der Waals surface area contributed by atoms with Gasteiger partial charge >= 0.3 is 0 Å². The van der Waals surface area contributed by atoms with Gasteiger partial charge in [0.1, 0.15) is 5.52 Å². The van der Waals surface area contributed by atoms with Crippen LogP contribution >= 0.6 is 0 Å². The molecule has 7 nitrogen and oxygen atoms in total. The van der Waals surface area contributed by atoms with Crippen molar-refractivity contribution >= 4 is 27.7 Å². The summed E-state index contributed by atoms with van der Waals surface area (Å²) in [5, 5.41) is 4.39. The number of amides is 1. The number of rotatable bonds is 5. The van der Waals surface area contributed by atoms with E-state index in [0.29, 0.717) is 28.5 Å². The second-order valence-electron chi connectivity index (χ2n) is 6.57. The van der Waals surface area contributed by atoms with Gasteiger partial charge in [0.05, 0.1) is 5.56 Å². The molecule has 4 aromatic rings. The molecular weight excluding hydrogens is 356 g/mol. The number of fused-ring (bicyclic) bond motifs is 2. The van der Waals surface area contributed by atoms with E-state index in [1.165, 1.54) is 6.07 Å². The van der Waals surface area contributed by atoms with Crippen LogP contribution < -0.4 is 16.4 Å². The summed E-state index contributed by atoms with van der Waals surface area (Å²) >= 11 is 0. The van der Waals surface area contributed by atoms with Crippen molar-refractivity contribution in [2.45, 2.75) is 20.0 Å². The highest BCUT2D eigenvalue weighted by Crippen LogP contribution is 2.14. The topological polar surface area (TPSA) is 88.9 Å². The molecular formula is C21H20N4O3. The lowest BCUT2D eigenvalue weighted by Gasteiger charge is -2.10. The molecule has 0 bridgehead atoms. The zero-order valence-corrected chi connectivity index (χ0v) is 15.4. The lowest BCUT2D eigenvalue weighted by Crippen LogP contribution is -2.31. The Bertz CT molecular complexity index is 1300. The van der Waals surface area contributed by atoms with E-state index in [9.17, 15) is 14.4 Å². The van der Waals surface area contributed by atoms with Crippen LogP contribution in [0.1, 0.15) is 17.3 Å². The van der Waals surface area contributed by atoms with Gasteiger partial charge in [-0.15, -0.1) is 0 Å². The van der Waals surface area contributed by atoms with Crippen LogP contribution in [-0.2, 0) is 13.1 Å². The van der Waals surface area contributed by atoms with Gasteiger partial charge in [-0.1, -0.05) is 18.2 Å². The number of benzene rings is 1. The number of aromatic amines is 1. The third-order valence-electron chi connectivity index (χ3n) is 4.87. The first kappa shape index (κ1) is 17.8. The fourth-order valence-electron chi connectivity index (χ4n) is 3.46. The summed E-state index contributed by atoms with van der Waals surface area (Å²) in [7, 11) is 0. The van der Waals surface area contributed by atoms with Crippen molar-refractivity contribution in [1.82, 2.24) is 19.4 Å². The van der Waals surface area contributed by atoms with Crippen molar-refractivity contribution in [2.75, 3.05) is 6.54 Å². The molecule has 1 aromatic carbocycles. The molecule has 7 heteroatoms. The van der Waals surface area contributed by atoms with Crippen molar-refractivity contribution < 1.29 is 4.79 Å². The minimum Gasteiger partial charge on any atom is -0.350 e. The number of carbonyl (C=O) groups excluding carboxylic acids is 1. The molecule has 0 aliphatic rings. The maximum Gasteiger partial charge on any atom is 0.275 e. The average Bonchev–Trinajstić information content (AvgIpc) is 3.13. The Morgan fingerprint density at radius 3 is 2.61 bits per heavy atom. The fraction of sp³-hybridized carbons (Fsp3) is 0.190. The molecule has 142 valence electrons. The van der Waals surface area contributed by atoms with Crippen LogP contribution in [0.5, 0.6) is 0 Å². The SMILES string of the molecule is CCn1ccc2ccn(CCNC(=O)c3cc(=O)[nH]c4ccccc34)c(=O)c21. The lowest BCUT2D eigenvalue weighted by atomic mass is 10.1. The largest absolute Gasteiger partial charge is 0.350 e. The Hall–Kier alpha value is -3.61.